The van der Waals surface area contributed by atoms with Crippen molar-refractivity contribution in [2.24, 2.45) is 5.41 Å². The highest BCUT2D eigenvalue weighted by Crippen LogP contribution is 2.20. The quantitative estimate of drug-likeness (QED) is 0.579. The van der Waals surface area contributed by atoms with Crippen LogP contribution in [0, 0.1) is 5.41 Å². The van der Waals surface area contributed by atoms with Gasteiger partial charge in [-0.1, -0.05) is 48.8 Å². The lowest BCUT2D eigenvalue weighted by atomic mass is 9.94. The Morgan fingerprint density at radius 2 is 1.88 bits per heavy atom. The van der Waals surface area contributed by atoms with Crippen molar-refractivity contribution in [1.29, 1.82) is 0 Å². The first kappa shape index (κ1) is 20.7. The number of hydrogen-bond acceptors (Lipinski definition) is 2. The Bertz CT molecular complexity index is 702. The molecule has 1 amide bonds. The van der Waals surface area contributed by atoms with Crippen LogP contribution in [0.3, 0.4) is 0 Å². The third-order valence-electron chi connectivity index (χ3n) is 4.25. The number of rotatable bonds is 8. The van der Waals surface area contributed by atoms with Gasteiger partial charge in [0.05, 0.1) is 6.54 Å². The predicted molar refractivity (Wildman–Crippen MR) is 109 cm³/mol. The number of nitrogens with zero attached hydrogens (tertiary/aromatic N) is 2. The van der Waals surface area contributed by atoms with Crippen molar-refractivity contribution in [3.63, 3.8) is 0 Å². The maximum atomic E-state index is 12.9. The van der Waals surface area contributed by atoms with Gasteiger partial charge in [-0.05, 0) is 36.2 Å². The number of hydrogen-bond donors (Lipinski definition) is 0. The molecule has 0 atom stereocenters. The van der Waals surface area contributed by atoms with Crippen LogP contribution >= 0.6 is 15.9 Å². The fourth-order valence-electron chi connectivity index (χ4n) is 2.86. The van der Waals surface area contributed by atoms with Gasteiger partial charge in [-0.2, -0.15) is 0 Å². The molecule has 4 nitrogen and oxygen atoms in total. The van der Waals surface area contributed by atoms with Crippen molar-refractivity contribution in [2.45, 2.75) is 40.3 Å². The molecule has 1 heterocycles. The first-order valence-corrected chi connectivity index (χ1v) is 9.77. The Hall–Kier alpha value is -1.59. The van der Waals surface area contributed by atoms with Crippen molar-refractivity contribution in [1.82, 2.24) is 9.47 Å². The molecule has 26 heavy (non-hydrogen) atoms. The molecule has 2 rings (SSSR count). The van der Waals surface area contributed by atoms with Crippen LogP contribution in [0.4, 0.5) is 0 Å². The van der Waals surface area contributed by atoms with Crippen molar-refractivity contribution >= 4 is 21.8 Å². The number of ether oxygens (including phenoxy) is 1. The first-order valence-electron chi connectivity index (χ1n) is 8.98. The van der Waals surface area contributed by atoms with Gasteiger partial charge in [0, 0.05) is 48.6 Å². The van der Waals surface area contributed by atoms with E-state index in [0.717, 1.165) is 23.1 Å². The van der Waals surface area contributed by atoms with Gasteiger partial charge < -0.3 is 14.2 Å². The van der Waals surface area contributed by atoms with Gasteiger partial charge in [0.25, 0.3) is 0 Å². The summed E-state index contributed by atoms with van der Waals surface area (Å²) in [7, 11) is 1.69. The summed E-state index contributed by atoms with van der Waals surface area (Å²) in [5.41, 5.74) is 1.98. The Balaban J connectivity index is 2.13. The Morgan fingerprint density at radius 3 is 2.50 bits per heavy atom. The zero-order valence-electron chi connectivity index (χ0n) is 16.2. The fourth-order valence-corrected chi connectivity index (χ4v) is 3.12. The zero-order chi connectivity index (χ0) is 19.2. The second-order valence-corrected chi connectivity index (χ2v) is 8.49. The summed E-state index contributed by atoms with van der Waals surface area (Å²) in [5, 5.41) is 0. The molecule has 0 spiro atoms. The zero-order valence-corrected chi connectivity index (χ0v) is 17.8. The van der Waals surface area contributed by atoms with Crippen molar-refractivity contribution < 1.29 is 9.53 Å². The molecule has 0 unspecified atom stereocenters. The standard InChI is InChI=1S/C21H29BrN2O2/c1-21(2,3)20(25)24(13-6-14-26-4)16-19-7-5-12-23(19)15-17-8-10-18(22)11-9-17/h5,7-12H,6,13-16H2,1-4H3. The highest BCUT2D eigenvalue weighted by Gasteiger charge is 2.27. The summed E-state index contributed by atoms with van der Waals surface area (Å²) in [5.74, 6) is 0.171. The van der Waals surface area contributed by atoms with Crippen LogP contribution in [0.2, 0.25) is 0 Å². The van der Waals surface area contributed by atoms with E-state index in [1.54, 1.807) is 7.11 Å². The third-order valence-corrected chi connectivity index (χ3v) is 4.78. The Labute approximate surface area is 165 Å². The average Bonchev–Trinajstić information content (AvgIpc) is 3.01. The third kappa shape index (κ3) is 5.99. The number of methoxy groups -OCH3 is 1. The topological polar surface area (TPSA) is 34.5 Å². The van der Waals surface area contributed by atoms with Crippen LogP contribution in [-0.2, 0) is 22.6 Å². The maximum Gasteiger partial charge on any atom is 0.228 e. The molecule has 1 aromatic carbocycles. The molecule has 0 fully saturated rings. The van der Waals surface area contributed by atoms with E-state index in [1.165, 1.54) is 5.56 Å². The van der Waals surface area contributed by atoms with E-state index in [0.29, 0.717) is 19.7 Å². The summed E-state index contributed by atoms with van der Waals surface area (Å²) in [6, 6.07) is 12.5. The molecule has 0 aliphatic carbocycles. The minimum atomic E-state index is -0.393. The first-order chi connectivity index (χ1) is 12.3. The van der Waals surface area contributed by atoms with Gasteiger partial charge in [0.15, 0.2) is 0 Å². The summed E-state index contributed by atoms with van der Waals surface area (Å²) in [4.78, 5) is 14.8. The van der Waals surface area contributed by atoms with E-state index in [4.69, 9.17) is 4.74 Å². The van der Waals surface area contributed by atoms with E-state index >= 15 is 0 Å². The highest BCUT2D eigenvalue weighted by atomic mass is 79.9. The fraction of sp³-hybridized carbons (Fsp3) is 0.476. The van der Waals surface area contributed by atoms with E-state index in [1.807, 2.05) is 31.7 Å². The Morgan fingerprint density at radius 1 is 1.19 bits per heavy atom. The number of halogens is 1. The molecule has 0 radical (unpaired) electrons. The van der Waals surface area contributed by atoms with Crippen molar-refractivity contribution in [3.8, 4) is 0 Å². The number of carbonyl (C=O) groups is 1. The molecule has 0 aliphatic rings. The molecule has 0 saturated carbocycles. The van der Waals surface area contributed by atoms with E-state index in [2.05, 4.69) is 57.0 Å². The second-order valence-electron chi connectivity index (χ2n) is 7.58. The van der Waals surface area contributed by atoms with Crippen molar-refractivity contribution in [2.75, 3.05) is 20.3 Å². The van der Waals surface area contributed by atoms with Gasteiger partial charge >= 0.3 is 0 Å². The van der Waals surface area contributed by atoms with Crippen LogP contribution in [0.15, 0.2) is 47.1 Å². The molecule has 0 bridgehead atoms. The predicted octanol–water partition coefficient (Wildman–Crippen LogP) is 4.71. The van der Waals surface area contributed by atoms with Crippen LogP contribution in [0.25, 0.3) is 0 Å². The van der Waals surface area contributed by atoms with Crippen molar-refractivity contribution in [3.05, 3.63) is 58.3 Å². The van der Waals surface area contributed by atoms with Crippen LogP contribution in [0.5, 0.6) is 0 Å². The van der Waals surface area contributed by atoms with E-state index in [9.17, 15) is 4.79 Å². The monoisotopic (exact) mass is 420 g/mol. The minimum Gasteiger partial charge on any atom is -0.385 e. The maximum absolute atomic E-state index is 12.9. The van der Waals surface area contributed by atoms with E-state index < -0.39 is 5.41 Å². The smallest absolute Gasteiger partial charge is 0.228 e. The molecule has 5 heteroatoms. The summed E-state index contributed by atoms with van der Waals surface area (Å²) < 4.78 is 8.45. The molecular weight excluding hydrogens is 392 g/mol. The van der Waals surface area contributed by atoms with Gasteiger partial charge in [-0.25, -0.2) is 0 Å². The number of amides is 1. The molecule has 2 aromatic rings. The molecule has 0 aliphatic heterocycles. The SMILES string of the molecule is COCCCN(Cc1cccn1Cc1ccc(Br)cc1)C(=O)C(C)(C)C. The minimum absolute atomic E-state index is 0.171. The molecule has 142 valence electrons. The molecule has 1 aromatic heterocycles. The second kappa shape index (κ2) is 9.38. The van der Waals surface area contributed by atoms with Gasteiger partial charge in [-0.3, -0.25) is 4.79 Å². The van der Waals surface area contributed by atoms with Crippen LogP contribution in [-0.4, -0.2) is 35.6 Å². The highest BCUT2D eigenvalue weighted by molar-refractivity contribution is 9.10. The summed E-state index contributed by atoms with van der Waals surface area (Å²) >= 11 is 3.47. The molecule has 0 N–H and O–H groups in total. The molecular formula is C21H29BrN2O2. The number of aromatic nitrogens is 1. The lowest BCUT2D eigenvalue weighted by Gasteiger charge is -2.30. The average molecular weight is 421 g/mol. The van der Waals surface area contributed by atoms with Gasteiger partial charge in [-0.15, -0.1) is 0 Å². The van der Waals surface area contributed by atoms with E-state index in [-0.39, 0.29) is 5.91 Å². The number of carbonyl (C=O) groups excluding carboxylic acids is 1. The van der Waals surface area contributed by atoms with Gasteiger partial charge in [0.1, 0.15) is 0 Å². The lowest BCUT2D eigenvalue weighted by molar-refractivity contribution is -0.140. The largest absolute Gasteiger partial charge is 0.385 e. The van der Waals surface area contributed by atoms with Crippen LogP contribution < -0.4 is 0 Å². The van der Waals surface area contributed by atoms with Gasteiger partial charge in [0.2, 0.25) is 5.91 Å². The Kier molecular flexibility index (Phi) is 7.47. The normalized spacial score (nSPS) is 11.6. The number of benzene rings is 1. The lowest BCUT2D eigenvalue weighted by Crippen LogP contribution is -2.40. The summed E-state index contributed by atoms with van der Waals surface area (Å²) in [6.45, 7) is 8.69. The summed E-state index contributed by atoms with van der Waals surface area (Å²) in [6.07, 6.45) is 2.91. The molecule has 0 saturated heterocycles. The van der Waals surface area contributed by atoms with Crippen LogP contribution in [0.1, 0.15) is 38.4 Å².